The van der Waals surface area contributed by atoms with Gasteiger partial charge in [-0.2, -0.15) is 5.26 Å². The lowest BCUT2D eigenvalue weighted by Gasteiger charge is -2.13. The van der Waals surface area contributed by atoms with Crippen LogP contribution in [-0.4, -0.2) is 22.7 Å². The predicted molar refractivity (Wildman–Crippen MR) is 87.6 cm³/mol. The number of aromatic hydroxyl groups is 1. The molecule has 2 rings (SSSR count). The molecule has 124 valence electrons. The number of phenols is 1. The minimum atomic E-state index is -0.544. The molecule has 2 aromatic rings. The van der Waals surface area contributed by atoms with Crippen LogP contribution >= 0.6 is 0 Å². The Morgan fingerprint density at radius 1 is 1.42 bits per heavy atom. The fourth-order valence-electron chi connectivity index (χ4n) is 2.33. The molecule has 0 atom stereocenters. The molecule has 0 saturated heterocycles. The number of carbonyl (C=O) groups is 1. The van der Waals surface area contributed by atoms with Crippen molar-refractivity contribution in [2.45, 2.75) is 20.1 Å². The molecule has 7 heteroatoms. The molecular formula is C17H17N3O4. The average molecular weight is 327 g/mol. The fourth-order valence-corrected chi connectivity index (χ4v) is 2.33. The SMILES string of the molecule is COCc1cc(C)n(CC(=O)Nc2ccccc2O)c(=O)c1C#N. The molecule has 1 aromatic heterocycles. The summed E-state index contributed by atoms with van der Waals surface area (Å²) in [6.45, 7) is 1.56. The summed E-state index contributed by atoms with van der Waals surface area (Å²) in [5, 5.41) is 21.4. The number of para-hydroxylation sites is 2. The Morgan fingerprint density at radius 3 is 2.75 bits per heavy atom. The summed E-state index contributed by atoms with van der Waals surface area (Å²) >= 11 is 0. The molecule has 1 heterocycles. The number of phenolic OH excluding ortho intramolecular Hbond substituents is 1. The van der Waals surface area contributed by atoms with Crippen LogP contribution in [0.25, 0.3) is 0 Å². The molecule has 0 unspecified atom stereocenters. The Bertz CT molecular complexity index is 865. The second kappa shape index (κ2) is 7.44. The molecule has 0 fully saturated rings. The Hall–Kier alpha value is -3.11. The van der Waals surface area contributed by atoms with E-state index < -0.39 is 11.5 Å². The molecule has 0 saturated carbocycles. The Balaban J connectivity index is 2.30. The van der Waals surface area contributed by atoms with Crippen molar-refractivity contribution >= 4 is 11.6 Å². The second-order valence-electron chi connectivity index (χ2n) is 5.19. The van der Waals surface area contributed by atoms with Gasteiger partial charge in [0.2, 0.25) is 5.91 Å². The molecule has 1 aromatic carbocycles. The molecule has 0 radical (unpaired) electrons. The Labute approximate surface area is 138 Å². The van der Waals surface area contributed by atoms with Crippen LogP contribution in [0.5, 0.6) is 5.75 Å². The number of carbonyl (C=O) groups excluding carboxylic acids is 1. The first-order valence-electron chi connectivity index (χ1n) is 7.18. The minimum absolute atomic E-state index is 0.0437. The highest BCUT2D eigenvalue weighted by atomic mass is 16.5. The number of nitrogens with one attached hydrogen (secondary N) is 1. The van der Waals surface area contributed by atoms with Crippen LogP contribution in [0.2, 0.25) is 0 Å². The average Bonchev–Trinajstić information content (AvgIpc) is 2.54. The quantitative estimate of drug-likeness (QED) is 0.810. The van der Waals surface area contributed by atoms with E-state index in [1.54, 1.807) is 31.2 Å². The third-order valence-electron chi connectivity index (χ3n) is 3.48. The number of rotatable bonds is 5. The van der Waals surface area contributed by atoms with Crippen LogP contribution in [0, 0.1) is 18.3 Å². The lowest BCUT2D eigenvalue weighted by Crippen LogP contribution is -2.31. The van der Waals surface area contributed by atoms with E-state index in [-0.39, 0.29) is 30.2 Å². The molecular weight excluding hydrogens is 310 g/mol. The van der Waals surface area contributed by atoms with E-state index in [2.05, 4.69) is 5.32 Å². The summed E-state index contributed by atoms with van der Waals surface area (Å²) in [7, 11) is 1.47. The van der Waals surface area contributed by atoms with Gasteiger partial charge in [-0.05, 0) is 25.1 Å². The van der Waals surface area contributed by atoms with Crippen molar-refractivity contribution in [2.24, 2.45) is 0 Å². The number of benzene rings is 1. The summed E-state index contributed by atoms with van der Waals surface area (Å²) < 4.78 is 6.20. The van der Waals surface area contributed by atoms with Gasteiger partial charge in [-0.3, -0.25) is 9.59 Å². The van der Waals surface area contributed by atoms with Crippen molar-refractivity contribution in [1.82, 2.24) is 4.57 Å². The highest BCUT2D eigenvalue weighted by molar-refractivity contribution is 5.92. The molecule has 24 heavy (non-hydrogen) atoms. The Morgan fingerprint density at radius 2 is 2.12 bits per heavy atom. The number of aryl methyl sites for hydroxylation is 1. The number of nitriles is 1. The minimum Gasteiger partial charge on any atom is -0.506 e. The smallest absolute Gasteiger partial charge is 0.269 e. The van der Waals surface area contributed by atoms with Crippen molar-refractivity contribution in [2.75, 3.05) is 12.4 Å². The fraction of sp³-hybridized carbons (Fsp3) is 0.235. The summed E-state index contributed by atoms with van der Waals surface area (Å²) in [5.41, 5.74) is 0.692. The first-order chi connectivity index (χ1) is 11.5. The van der Waals surface area contributed by atoms with Gasteiger partial charge in [0.25, 0.3) is 5.56 Å². The van der Waals surface area contributed by atoms with Gasteiger partial charge in [0.15, 0.2) is 0 Å². The number of anilines is 1. The highest BCUT2D eigenvalue weighted by Crippen LogP contribution is 2.21. The van der Waals surface area contributed by atoms with Gasteiger partial charge in [-0.1, -0.05) is 12.1 Å². The first kappa shape index (κ1) is 17.2. The van der Waals surface area contributed by atoms with E-state index >= 15 is 0 Å². The number of hydrogen-bond donors (Lipinski definition) is 2. The molecule has 0 aliphatic carbocycles. The largest absolute Gasteiger partial charge is 0.506 e. The normalized spacial score (nSPS) is 10.2. The highest BCUT2D eigenvalue weighted by Gasteiger charge is 2.15. The van der Waals surface area contributed by atoms with E-state index in [1.807, 2.05) is 6.07 Å². The van der Waals surface area contributed by atoms with Crippen LogP contribution in [0.15, 0.2) is 35.1 Å². The zero-order chi connectivity index (χ0) is 17.7. The summed E-state index contributed by atoms with van der Waals surface area (Å²) in [6.07, 6.45) is 0. The molecule has 2 N–H and O–H groups in total. The summed E-state index contributed by atoms with van der Waals surface area (Å²) in [4.78, 5) is 24.6. The van der Waals surface area contributed by atoms with Gasteiger partial charge >= 0.3 is 0 Å². The number of aromatic nitrogens is 1. The van der Waals surface area contributed by atoms with Gasteiger partial charge in [-0.15, -0.1) is 0 Å². The van der Waals surface area contributed by atoms with Crippen molar-refractivity contribution < 1.29 is 14.6 Å². The van der Waals surface area contributed by atoms with E-state index in [0.29, 0.717) is 11.3 Å². The van der Waals surface area contributed by atoms with Gasteiger partial charge < -0.3 is 19.7 Å². The summed E-state index contributed by atoms with van der Waals surface area (Å²) in [6, 6.07) is 9.80. The van der Waals surface area contributed by atoms with Crippen LogP contribution in [-0.2, 0) is 22.7 Å². The summed E-state index contributed by atoms with van der Waals surface area (Å²) in [5.74, 6) is -0.548. The number of nitrogens with zero attached hydrogens (tertiary/aromatic N) is 2. The zero-order valence-corrected chi connectivity index (χ0v) is 13.4. The standard InChI is InChI=1S/C17H17N3O4/c1-11-7-12(10-24-2)13(8-18)17(23)20(11)9-16(22)19-14-5-3-4-6-15(14)21/h3-7,21H,9-10H2,1-2H3,(H,19,22). The lowest BCUT2D eigenvalue weighted by molar-refractivity contribution is -0.116. The van der Waals surface area contributed by atoms with Crippen LogP contribution in [0.3, 0.4) is 0 Å². The Kier molecular flexibility index (Phi) is 5.35. The maximum absolute atomic E-state index is 12.4. The van der Waals surface area contributed by atoms with Gasteiger partial charge in [-0.25, -0.2) is 0 Å². The van der Waals surface area contributed by atoms with Crippen LogP contribution in [0.1, 0.15) is 16.8 Å². The zero-order valence-electron chi connectivity index (χ0n) is 13.4. The second-order valence-corrected chi connectivity index (χ2v) is 5.19. The number of ether oxygens (including phenoxy) is 1. The number of amides is 1. The van der Waals surface area contributed by atoms with Crippen molar-refractivity contribution in [3.05, 3.63) is 57.5 Å². The van der Waals surface area contributed by atoms with E-state index in [0.717, 1.165) is 0 Å². The first-order valence-corrected chi connectivity index (χ1v) is 7.18. The van der Waals surface area contributed by atoms with Crippen LogP contribution in [0.4, 0.5) is 5.69 Å². The topological polar surface area (TPSA) is 104 Å². The van der Waals surface area contributed by atoms with Gasteiger partial charge in [0, 0.05) is 18.4 Å². The molecule has 0 aliphatic rings. The van der Waals surface area contributed by atoms with Crippen molar-refractivity contribution in [3.63, 3.8) is 0 Å². The third kappa shape index (κ3) is 3.62. The molecule has 1 amide bonds. The predicted octanol–water partition coefficient (Wildman–Crippen LogP) is 1.52. The van der Waals surface area contributed by atoms with Gasteiger partial charge in [0.1, 0.15) is 23.9 Å². The molecule has 7 nitrogen and oxygen atoms in total. The molecule has 0 aliphatic heterocycles. The molecule has 0 bridgehead atoms. The lowest BCUT2D eigenvalue weighted by atomic mass is 10.1. The third-order valence-corrected chi connectivity index (χ3v) is 3.48. The van der Waals surface area contributed by atoms with E-state index in [9.17, 15) is 20.0 Å². The maximum Gasteiger partial charge on any atom is 0.269 e. The molecule has 0 spiro atoms. The van der Waals surface area contributed by atoms with E-state index in [1.165, 1.54) is 17.7 Å². The number of pyridine rings is 1. The van der Waals surface area contributed by atoms with Crippen LogP contribution < -0.4 is 10.9 Å². The van der Waals surface area contributed by atoms with Gasteiger partial charge in [0.05, 0.1) is 12.3 Å². The van der Waals surface area contributed by atoms with E-state index in [4.69, 9.17) is 4.74 Å². The van der Waals surface area contributed by atoms with Crippen molar-refractivity contribution in [1.29, 1.82) is 5.26 Å². The monoisotopic (exact) mass is 327 g/mol. The van der Waals surface area contributed by atoms with Crippen molar-refractivity contribution in [3.8, 4) is 11.8 Å². The maximum atomic E-state index is 12.4. The number of methoxy groups -OCH3 is 1. The number of hydrogen-bond acceptors (Lipinski definition) is 5.